The summed E-state index contributed by atoms with van der Waals surface area (Å²) in [6, 6.07) is 84.2. The minimum Gasteiger partial charge on any atom is -0.310 e. The van der Waals surface area contributed by atoms with Crippen LogP contribution in [0.5, 0.6) is 0 Å². The lowest BCUT2D eigenvalue weighted by Crippen LogP contribution is -2.29. The highest BCUT2D eigenvalue weighted by molar-refractivity contribution is 7.27. The van der Waals surface area contributed by atoms with E-state index in [0.29, 0.717) is 11.8 Å². The SMILES string of the molecule is CC(C)C(C)c1ccc(N(c2ccc(C(C)(C)C)cc2)c2cc3c(c4sc5ccccc5c24)-c2c(cc(N(c4ccc(C(C)(C)C)cc4)c4ccc(C(C)(C)C)cc4)c4c2sc2ccccc24)C3(c2ccccc2)c2ccccc2)cc1. The maximum Gasteiger partial charge on any atom is 0.0716 e. The quantitative estimate of drug-likeness (QED) is 0.135. The van der Waals surface area contributed by atoms with Crippen molar-refractivity contribution in [3.63, 3.8) is 0 Å². The second kappa shape index (κ2) is 20.0. The van der Waals surface area contributed by atoms with Gasteiger partial charge in [0.15, 0.2) is 0 Å². The van der Waals surface area contributed by atoms with Crippen molar-refractivity contribution >= 4 is 97.1 Å². The zero-order chi connectivity index (χ0) is 57.0. The average molecular weight is 1100 g/mol. The van der Waals surface area contributed by atoms with Crippen molar-refractivity contribution in [3.8, 4) is 11.1 Å². The molecular weight excluding hydrogens is 1030 g/mol. The molecule has 0 bridgehead atoms. The van der Waals surface area contributed by atoms with Crippen LogP contribution < -0.4 is 9.80 Å². The lowest BCUT2D eigenvalue weighted by Gasteiger charge is -2.36. The number of thiophene rings is 2. The standard InChI is InChI=1S/C78H74N2S2/c1-49(2)50(3)51-31-39-57(40-32-51)79(58-41-33-52(34-42-58)75(4,5)6)65-47-63-71(73-69(65)61-27-19-21-29-67(61)81-73)72-64(78(63,55-23-15-13-16-24-55)56-25-17-14-18-26-56)48-66(70-62-28-20-22-30-68(62)82-74(70)72)80(59-43-35-53(36-44-59)76(7,8)9)60-45-37-54(38-46-60)77(10,11)12/h13-50H,1-12H3. The Hall–Kier alpha value is -7.76. The Morgan fingerprint density at radius 1 is 0.366 bits per heavy atom. The fraction of sp³-hybridized carbons (Fsp3) is 0.231. The van der Waals surface area contributed by atoms with Gasteiger partial charge in [0.2, 0.25) is 0 Å². The molecular formula is C78H74N2S2. The summed E-state index contributed by atoms with van der Waals surface area (Å²) in [5.41, 5.74) is 19.1. The molecule has 1 aliphatic rings. The maximum absolute atomic E-state index is 2.63. The van der Waals surface area contributed by atoms with Gasteiger partial charge in [0.25, 0.3) is 0 Å². The first-order chi connectivity index (χ1) is 39.3. The second-order valence-corrected chi connectivity index (χ2v) is 28.5. The van der Waals surface area contributed by atoms with Crippen LogP contribution in [0, 0.1) is 5.92 Å². The van der Waals surface area contributed by atoms with E-state index in [1.807, 2.05) is 22.7 Å². The van der Waals surface area contributed by atoms with Crippen LogP contribution in [0.25, 0.3) is 51.5 Å². The summed E-state index contributed by atoms with van der Waals surface area (Å²) in [5.74, 6) is 0.948. The number of hydrogen-bond acceptors (Lipinski definition) is 4. The third kappa shape index (κ3) is 8.79. The van der Waals surface area contributed by atoms with Crippen LogP contribution in [0.2, 0.25) is 0 Å². The van der Waals surface area contributed by atoms with Crippen molar-refractivity contribution in [1.29, 1.82) is 0 Å². The molecule has 2 heterocycles. The van der Waals surface area contributed by atoms with Crippen molar-refractivity contribution in [1.82, 2.24) is 0 Å². The summed E-state index contributed by atoms with van der Waals surface area (Å²) in [5, 5.41) is 5.09. The molecule has 0 radical (unpaired) electrons. The molecule has 2 nitrogen and oxygen atoms in total. The Balaban J connectivity index is 1.21. The molecule has 0 saturated heterocycles. The van der Waals surface area contributed by atoms with E-state index in [0.717, 1.165) is 22.7 Å². The molecule has 0 saturated carbocycles. The normalized spacial score (nSPS) is 13.8. The van der Waals surface area contributed by atoms with Crippen molar-refractivity contribution in [2.45, 2.75) is 111 Å². The van der Waals surface area contributed by atoms with E-state index in [9.17, 15) is 0 Å². The van der Waals surface area contributed by atoms with Gasteiger partial charge in [0.1, 0.15) is 0 Å². The summed E-state index contributed by atoms with van der Waals surface area (Å²) < 4.78 is 5.18. The van der Waals surface area contributed by atoms with Crippen molar-refractivity contribution in [2.75, 3.05) is 9.80 Å². The van der Waals surface area contributed by atoms with E-state index < -0.39 is 5.41 Å². The Morgan fingerprint density at radius 2 is 0.683 bits per heavy atom. The van der Waals surface area contributed by atoms with Crippen molar-refractivity contribution in [3.05, 3.63) is 263 Å². The number of nitrogens with zero attached hydrogens (tertiary/aromatic N) is 2. The number of benzene rings is 10. The summed E-state index contributed by atoms with van der Waals surface area (Å²) >= 11 is 3.90. The van der Waals surface area contributed by atoms with Crippen molar-refractivity contribution < 1.29 is 0 Å². The zero-order valence-electron chi connectivity index (χ0n) is 49.7. The summed E-state index contributed by atoms with van der Waals surface area (Å²) in [6.07, 6.45) is 0. The largest absolute Gasteiger partial charge is 0.310 e. The highest BCUT2D eigenvalue weighted by Gasteiger charge is 2.50. The molecule has 10 aromatic carbocycles. The maximum atomic E-state index is 2.63. The number of hydrogen-bond donors (Lipinski definition) is 0. The van der Waals surface area contributed by atoms with Gasteiger partial charge in [-0.1, -0.05) is 229 Å². The predicted molar refractivity (Wildman–Crippen MR) is 358 cm³/mol. The van der Waals surface area contributed by atoms with Crippen LogP contribution in [0.1, 0.15) is 134 Å². The zero-order valence-corrected chi connectivity index (χ0v) is 51.3. The fourth-order valence-corrected chi connectivity index (χ4v) is 15.6. The van der Waals surface area contributed by atoms with Crippen LogP contribution in [0.3, 0.4) is 0 Å². The molecule has 0 N–H and O–H groups in total. The molecule has 0 fully saturated rings. The van der Waals surface area contributed by atoms with E-state index in [-0.39, 0.29) is 16.2 Å². The number of rotatable bonds is 10. The topological polar surface area (TPSA) is 6.48 Å². The minimum atomic E-state index is -0.762. The molecule has 0 spiro atoms. The van der Waals surface area contributed by atoms with Crippen LogP contribution in [-0.4, -0.2) is 0 Å². The van der Waals surface area contributed by atoms with Crippen LogP contribution in [0.4, 0.5) is 34.1 Å². The van der Waals surface area contributed by atoms with Gasteiger partial charge in [-0.3, -0.25) is 0 Å². The second-order valence-electron chi connectivity index (χ2n) is 26.4. The molecule has 0 amide bonds. The smallest absolute Gasteiger partial charge is 0.0716 e. The first kappa shape index (κ1) is 53.5. The van der Waals surface area contributed by atoms with Gasteiger partial charge < -0.3 is 9.80 Å². The average Bonchev–Trinajstić information content (AvgIpc) is 1.67. The van der Waals surface area contributed by atoms with Gasteiger partial charge >= 0.3 is 0 Å². The van der Waals surface area contributed by atoms with Crippen LogP contribution in [0.15, 0.2) is 218 Å². The van der Waals surface area contributed by atoms with E-state index in [2.05, 4.69) is 311 Å². The molecule has 1 unspecified atom stereocenters. The van der Waals surface area contributed by atoms with Gasteiger partial charge in [-0.2, -0.15) is 0 Å². The van der Waals surface area contributed by atoms with Gasteiger partial charge in [0.05, 0.1) is 16.8 Å². The van der Waals surface area contributed by atoms with Crippen molar-refractivity contribution in [2.24, 2.45) is 5.92 Å². The third-order valence-corrected chi connectivity index (χ3v) is 20.2. The molecule has 4 heteroatoms. The highest BCUT2D eigenvalue weighted by Crippen LogP contribution is 2.65. The summed E-state index contributed by atoms with van der Waals surface area (Å²) in [7, 11) is 0. The molecule has 82 heavy (non-hydrogen) atoms. The molecule has 408 valence electrons. The first-order valence-electron chi connectivity index (χ1n) is 29.4. The van der Waals surface area contributed by atoms with Crippen LogP contribution >= 0.6 is 22.7 Å². The minimum absolute atomic E-state index is 0.00272. The molecule has 2 aromatic heterocycles. The molecule has 1 atom stereocenters. The van der Waals surface area contributed by atoms with Gasteiger partial charge in [-0.05, 0) is 145 Å². The first-order valence-corrected chi connectivity index (χ1v) is 31.1. The van der Waals surface area contributed by atoms with Gasteiger partial charge in [-0.15, -0.1) is 22.7 Å². The number of anilines is 6. The van der Waals surface area contributed by atoms with Crippen LogP contribution in [-0.2, 0) is 21.7 Å². The summed E-state index contributed by atoms with van der Waals surface area (Å²) in [6.45, 7) is 27.8. The highest BCUT2D eigenvalue weighted by atomic mass is 32.1. The van der Waals surface area contributed by atoms with Gasteiger partial charge in [-0.25, -0.2) is 0 Å². The molecule has 13 rings (SSSR count). The Kier molecular flexibility index (Phi) is 13.1. The Labute approximate surface area is 494 Å². The van der Waals surface area contributed by atoms with E-state index in [1.165, 1.54) is 107 Å². The predicted octanol–water partition coefficient (Wildman–Crippen LogP) is 23.4. The summed E-state index contributed by atoms with van der Waals surface area (Å²) in [4.78, 5) is 5.14. The van der Waals surface area contributed by atoms with E-state index >= 15 is 0 Å². The fourth-order valence-electron chi connectivity index (χ4n) is 13.0. The Bertz CT molecular complexity index is 4240. The molecule has 0 aliphatic heterocycles. The molecule has 12 aromatic rings. The third-order valence-electron chi connectivity index (χ3n) is 17.9. The van der Waals surface area contributed by atoms with Gasteiger partial charge in [0, 0.05) is 74.2 Å². The Morgan fingerprint density at radius 3 is 1.01 bits per heavy atom. The lowest BCUT2D eigenvalue weighted by molar-refractivity contribution is 0.535. The van der Waals surface area contributed by atoms with E-state index in [1.54, 1.807) is 0 Å². The monoisotopic (exact) mass is 1100 g/mol. The van der Waals surface area contributed by atoms with E-state index in [4.69, 9.17) is 0 Å². The molecule has 1 aliphatic carbocycles. The number of fused-ring (bicyclic) bond motifs is 11. The lowest BCUT2D eigenvalue weighted by atomic mass is 9.67.